The van der Waals surface area contributed by atoms with E-state index in [4.69, 9.17) is 14.2 Å². The third-order valence-corrected chi connectivity index (χ3v) is 6.60. The van der Waals surface area contributed by atoms with Crippen molar-refractivity contribution in [2.24, 2.45) is 0 Å². The maximum Gasteiger partial charge on any atom is 0.275 e. The van der Waals surface area contributed by atoms with Gasteiger partial charge in [-0.25, -0.2) is 0 Å². The molecule has 37 heavy (non-hydrogen) atoms. The van der Waals surface area contributed by atoms with Gasteiger partial charge in [0.1, 0.15) is 0 Å². The van der Waals surface area contributed by atoms with Crippen LogP contribution in [0.5, 0.6) is 0 Å². The Morgan fingerprint density at radius 3 is 1.41 bits per heavy atom. The Morgan fingerprint density at radius 2 is 1.08 bits per heavy atom. The summed E-state index contributed by atoms with van der Waals surface area (Å²) >= 11 is 0. The van der Waals surface area contributed by atoms with Gasteiger partial charge in [-0.15, -0.1) is 0 Å². The van der Waals surface area contributed by atoms with Crippen molar-refractivity contribution in [3.8, 4) is 0 Å². The Kier molecular flexibility index (Phi) is 8.25. The number of ether oxygens (including phenoxy) is 3. The summed E-state index contributed by atoms with van der Waals surface area (Å²) in [5.74, 6) is 0. The molecule has 0 aromatic heterocycles. The van der Waals surface area contributed by atoms with Gasteiger partial charge in [0.25, 0.3) is 11.4 Å². The van der Waals surface area contributed by atoms with E-state index in [-0.39, 0.29) is 49.0 Å². The molecule has 2 saturated heterocycles. The van der Waals surface area contributed by atoms with Gasteiger partial charge < -0.3 is 24.0 Å². The summed E-state index contributed by atoms with van der Waals surface area (Å²) in [7, 11) is 0. The van der Waals surface area contributed by atoms with E-state index < -0.39 is 9.85 Å². The molecule has 200 valence electrons. The van der Waals surface area contributed by atoms with Crippen LogP contribution in [0, 0.1) is 20.2 Å². The molecule has 2 aromatic rings. The zero-order chi connectivity index (χ0) is 26.7. The summed E-state index contributed by atoms with van der Waals surface area (Å²) < 4.78 is 17.5. The number of hydrogen-bond acceptors (Lipinski definition) is 9. The number of anilines is 2. The molecule has 2 heterocycles. The van der Waals surface area contributed by atoms with Crippen LogP contribution in [0.3, 0.4) is 0 Å². The highest BCUT2D eigenvalue weighted by atomic mass is 16.6. The van der Waals surface area contributed by atoms with E-state index in [1.807, 2.05) is 27.7 Å². The van der Waals surface area contributed by atoms with Gasteiger partial charge in [0, 0.05) is 49.7 Å². The van der Waals surface area contributed by atoms with Gasteiger partial charge in [0.05, 0.1) is 58.6 Å². The largest absolute Gasteiger partial charge is 0.372 e. The molecule has 2 aliphatic heterocycles. The van der Waals surface area contributed by atoms with Crippen molar-refractivity contribution in [1.82, 2.24) is 0 Å². The number of nitro benzene ring substituents is 2. The van der Waals surface area contributed by atoms with Crippen LogP contribution in [0.15, 0.2) is 36.4 Å². The predicted molar refractivity (Wildman–Crippen MR) is 139 cm³/mol. The summed E-state index contributed by atoms with van der Waals surface area (Å²) in [6.07, 6.45) is 0.181. The zero-order valence-corrected chi connectivity index (χ0v) is 21.7. The predicted octanol–water partition coefficient (Wildman–Crippen LogP) is 4.45. The van der Waals surface area contributed by atoms with Crippen molar-refractivity contribution in [3.63, 3.8) is 0 Å². The molecule has 11 heteroatoms. The monoisotopic (exact) mass is 514 g/mol. The number of morpholine rings is 2. The number of hydrogen-bond donors (Lipinski definition) is 0. The van der Waals surface area contributed by atoms with Gasteiger partial charge in [-0.2, -0.15) is 0 Å². The Hall–Kier alpha value is -3.28. The van der Waals surface area contributed by atoms with E-state index in [1.165, 1.54) is 12.1 Å². The molecule has 4 rings (SSSR count). The fourth-order valence-corrected chi connectivity index (χ4v) is 5.17. The molecule has 0 radical (unpaired) electrons. The summed E-state index contributed by atoms with van der Waals surface area (Å²) in [5, 5.41) is 23.3. The average Bonchev–Trinajstić information content (AvgIpc) is 2.82. The lowest BCUT2D eigenvalue weighted by Gasteiger charge is -2.37. The third kappa shape index (κ3) is 6.54. The quantitative estimate of drug-likeness (QED) is 0.372. The molecule has 4 atom stereocenters. The first-order valence-electron chi connectivity index (χ1n) is 12.5. The second-order valence-electron chi connectivity index (χ2n) is 9.96. The van der Waals surface area contributed by atoms with Crippen molar-refractivity contribution in [2.75, 3.05) is 36.0 Å². The van der Waals surface area contributed by atoms with E-state index in [9.17, 15) is 20.2 Å². The lowest BCUT2D eigenvalue weighted by molar-refractivity contribution is -0.386. The lowest BCUT2D eigenvalue weighted by Crippen LogP contribution is -2.45. The Bertz CT molecular complexity index is 1040. The standard InChI is InChI=1S/C26H34N4O7/c1-17-11-27(12-18(2)36-17)23-5-7-25(29(31)32)21(9-23)15-35-16-22-10-24(6-8-26(22)30(33)34)28-13-19(3)37-20(4)14-28/h5-10,17-20H,11-16H2,1-4H3/t17-,18-,19-,20+/m1/s1. The number of rotatable bonds is 8. The number of nitro groups is 2. The molecule has 2 fully saturated rings. The van der Waals surface area contributed by atoms with Crippen molar-refractivity contribution in [2.45, 2.75) is 65.3 Å². The van der Waals surface area contributed by atoms with E-state index >= 15 is 0 Å². The molecule has 0 unspecified atom stereocenters. The van der Waals surface area contributed by atoms with Gasteiger partial charge in [-0.1, -0.05) is 0 Å². The highest BCUT2D eigenvalue weighted by molar-refractivity contribution is 5.57. The fraction of sp³-hybridized carbons (Fsp3) is 0.538. The molecule has 2 aliphatic rings. The molecular weight excluding hydrogens is 480 g/mol. The summed E-state index contributed by atoms with van der Waals surface area (Å²) in [4.78, 5) is 26.8. The zero-order valence-electron chi connectivity index (χ0n) is 21.7. The number of nitrogens with zero attached hydrogens (tertiary/aromatic N) is 4. The molecule has 0 bridgehead atoms. The molecule has 0 N–H and O–H groups in total. The first-order chi connectivity index (χ1) is 17.6. The molecule has 0 aliphatic carbocycles. The minimum absolute atomic E-state index is 0.0438. The minimum atomic E-state index is -0.434. The molecule has 11 nitrogen and oxygen atoms in total. The van der Waals surface area contributed by atoms with Crippen LogP contribution in [0.1, 0.15) is 38.8 Å². The maximum atomic E-state index is 11.7. The van der Waals surface area contributed by atoms with Crippen LogP contribution >= 0.6 is 0 Å². The lowest BCUT2D eigenvalue weighted by atomic mass is 10.1. The van der Waals surface area contributed by atoms with E-state index in [1.54, 1.807) is 24.3 Å². The van der Waals surface area contributed by atoms with Crippen LogP contribution < -0.4 is 9.80 Å². The normalized spacial score (nSPS) is 24.2. The summed E-state index contributed by atoms with van der Waals surface area (Å²) in [6.45, 7) is 10.6. The molecular formula is C26H34N4O7. The SMILES string of the molecule is C[C@@H]1CN(c2ccc([N+](=O)[O-])c(COCc3cc(N4C[C@@H](C)O[C@@H](C)C4)ccc3[N+](=O)[O-])c2)C[C@@H](C)O1. The Balaban J connectivity index is 1.52. The highest BCUT2D eigenvalue weighted by Crippen LogP contribution is 2.30. The molecule has 2 aromatic carbocycles. The van der Waals surface area contributed by atoms with E-state index in [0.29, 0.717) is 37.3 Å². The van der Waals surface area contributed by atoms with Crippen LogP contribution in [-0.2, 0) is 27.4 Å². The number of benzene rings is 2. The maximum absolute atomic E-state index is 11.7. The average molecular weight is 515 g/mol. The van der Waals surface area contributed by atoms with Crippen molar-refractivity contribution < 1.29 is 24.1 Å². The van der Waals surface area contributed by atoms with Gasteiger partial charge in [-0.05, 0) is 52.0 Å². The van der Waals surface area contributed by atoms with Crippen molar-refractivity contribution >= 4 is 22.7 Å². The van der Waals surface area contributed by atoms with Gasteiger partial charge in [0.15, 0.2) is 0 Å². The van der Waals surface area contributed by atoms with Gasteiger partial charge >= 0.3 is 0 Å². The Labute approximate surface area is 216 Å². The first kappa shape index (κ1) is 26.8. The van der Waals surface area contributed by atoms with Gasteiger partial charge in [0.2, 0.25) is 0 Å². The smallest absolute Gasteiger partial charge is 0.275 e. The second-order valence-corrected chi connectivity index (χ2v) is 9.96. The molecule has 0 saturated carbocycles. The second kappa shape index (κ2) is 11.4. The molecule has 0 amide bonds. The van der Waals surface area contributed by atoms with Gasteiger partial charge in [-0.3, -0.25) is 20.2 Å². The Morgan fingerprint density at radius 1 is 0.730 bits per heavy atom. The van der Waals surface area contributed by atoms with E-state index in [2.05, 4.69) is 9.80 Å². The van der Waals surface area contributed by atoms with Crippen LogP contribution in [0.4, 0.5) is 22.7 Å². The van der Waals surface area contributed by atoms with E-state index in [0.717, 1.165) is 11.4 Å². The topological polar surface area (TPSA) is 120 Å². The van der Waals surface area contributed by atoms with Crippen molar-refractivity contribution in [3.05, 3.63) is 67.8 Å². The minimum Gasteiger partial charge on any atom is -0.372 e. The van der Waals surface area contributed by atoms with Crippen LogP contribution in [0.25, 0.3) is 0 Å². The summed E-state index contributed by atoms with van der Waals surface area (Å²) in [6, 6.07) is 10.00. The van der Waals surface area contributed by atoms with Crippen LogP contribution in [0.2, 0.25) is 0 Å². The first-order valence-corrected chi connectivity index (χ1v) is 12.5. The highest BCUT2D eigenvalue weighted by Gasteiger charge is 2.26. The molecule has 0 spiro atoms. The van der Waals surface area contributed by atoms with Crippen LogP contribution in [-0.4, -0.2) is 60.4 Å². The van der Waals surface area contributed by atoms with Crippen molar-refractivity contribution in [1.29, 1.82) is 0 Å². The summed E-state index contributed by atoms with van der Waals surface area (Å²) in [5.41, 5.74) is 2.47. The fourth-order valence-electron chi connectivity index (χ4n) is 5.17. The third-order valence-electron chi connectivity index (χ3n) is 6.60.